The molecule has 0 bridgehead atoms. The maximum Gasteiger partial charge on any atom is 0.274 e. The van der Waals surface area contributed by atoms with Gasteiger partial charge in [0.05, 0.1) is 18.8 Å². The number of hydrogen-bond acceptors (Lipinski definition) is 5. The normalized spacial score (nSPS) is 15.9. The second-order valence-corrected chi connectivity index (χ2v) is 7.33. The number of hydrogen-bond donors (Lipinski definition) is 1. The van der Waals surface area contributed by atoms with Gasteiger partial charge >= 0.3 is 0 Å². The minimum atomic E-state index is -0.289. The van der Waals surface area contributed by atoms with Gasteiger partial charge in [-0.1, -0.05) is 29.5 Å². The summed E-state index contributed by atoms with van der Waals surface area (Å²) in [6.45, 7) is 1.07. The lowest BCUT2D eigenvalue weighted by Gasteiger charge is -2.24. The van der Waals surface area contributed by atoms with E-state index in [2.05, 4.69) is 15.6 Å². The quantitative estimate of drug-likeness (QED) is 0.668. The van der Waals surface area contributed by atoms with Crippen molar-refractivity contribution in [2.75, 3.05) is 6.26 Å². The summed E-state index contributed by atoms with van der Waals surface area (Å²) >= 11 is 1.67. The zero-order valence-corrected chi connectivity index (χ0v) is 16.1. The smallest absolute Gasteiger partial charge is 0.274 e. The predicted octanol–water partition coefficient (Wildman–Crippen LogP) is 3.34. The van der Waals surface area contributed by atoms with E-state index in [4.69, 9.17) is 4.74 Å². The number of amides is 1. The number of fused-ring (bicyclic) bond motifs is 1. The highest BCUT2D eigenvalue weighted by Gasteiger charge is 2.27. The number of ether oxygens (including phenoxy) is 1. The first-order chi connectivity index (χ1) is 13.6. The zero-order valence-electron chi connectivity index (χ0n) is 15.3. The van der Waals surface area contributed by atoms with Crippen molar-refractivity contribution < 1.29 is 13.9 Å². The molecule has 1 aromatic heterocycles. The monoisotopic (exact) mass is 398 g/mol. The second-order valence-electron chi connectivity index (χ2n) is 6.45. The van der Waals surface area contributed by atoms with E-state index in [1.165, 1.54) is 17.0 Å². The largest absolute Gasteiger partial charge is 0.365 e. The molecule has 2 aromatic carbocycles. The van der Waals surface area contributed by atoms with Gasteiger partial charge in [0.2, 0.25) is 0 Å². The van der Waals surface area contributed by atoms with Crippen molar-refractivity contribution in [1.29, 1.82) is 0 Å². The summed E-state index contributed by atoms with van der Waals surface area (Å²) in [4.78, 5) is 13.7. The van der Waals surface area contributed by atoms with Gasteiger partial charge in [-0.3, -0.25) is 4.79 Å². The summed E-state index contributed by atoms with van der Waals surface area (Å²) in [6, 6.07) is 14.2. The van der Waals surface area contributed by atoms with Gasteiger partial charge in [0.1, 0.15) is 11.9 Å². The van der Waals surface area contributed by atoms with Gasteiger partial charge in [-0.2, -0.15) is 0 Å². The topological polar surface area (TPSA) is 69.0 Å². The van der Waals surface area contributed by atoms with Crippen LogP contribution in [0.25, 0.3) is 0 Å². The molecule has 0 saturated carbocycles. The maximum atomic E-state index is 13.1. The summed E-state index contributed by atoms with van der Waals surface area (Å²) in [7, 11) is 0. The first kappa shape index (κ1) is 18.6. The van der Waals surface area contributed by atoms with Crippen molar-refractivity contribution in [2.45, 2.75) is 30.7 Å². The van der Waals surface area contributed by atoms with Crippen molar-refractivity contribution in [3.8, 4) is 0 Å². The average molecular weight is 398 g/mol. The lowest BCUT2D eigenvalue weighted by Crippen LogP contribution is -2.27. The van der Waals surface area contributed by atoms with Crippen LogP contribution in [0.4, 0.5) is 4.39 Å². The highest BCUT2D eigenvalue weighted by Crippen LogP contribution is 2.27. The van der Waals surface area contributed by atoms with E-state index in [1.54, 1.807) is 28.6 Å². The Labute approximate surface area is 166 Å². The van der Waals surface area contributed by atoms with Crippen LogP contribution in [0.1, 0.15) is 33.4 Å². The minimum absolute atomic E-state index is 0.222. The third kappa shape index (κ3) is 3.93. The molecule has 0 fully saturated rings. The van der Waals surface area contributed by atoms with E-state index < -0.39 is 0 Å². The third-order valence-electron chi connectivity index (χ3n) is 4.67. The standard InChI is InChI=1S/C20H19FN4O2S/c1-28-16-8-2-13(3-9-16)10-22-20(26)19-17-12-27-18(11-25(17)24-23-19)14-4-6-15(21)7-5-14/h2-9,18H,10-12H2,1H3,(H,22,26)/t18-/m0/s1. The van der Waals surface area contributed by atoms with Crippen LogP contribution in [0.3, 0.4) is 0 Å². The number of thioether (sulfide) groups is 1. The number of aromatic nitrogens is 3. The number of carbonyl (C=O) groups is 1. The van der Waals surface area contributed by atoms with Gasteiger partial charge in [0, 0.05) is 11.4 Å². The van der Waals surface area contributed by atoms with Gasteiger partial charge in [0.25, 0.3) is 5.91 Å². The molecule has 0 radical (unpaired) electrons. The van der Waals surface area contributed by atoms with Crippen LogP contribution in [0.5, 0.6) is 0 Å². The van der Waals surface area contributed by atoms with Crippen LogP contribution in [0.15, 0.2) is 53.4 Å². The van der Waals surface area contributed by atoms with Crippen molar-refractivity contribution in [1.82, 2.24) is 20.3 Å². The second kappa shape index (κ2) is 8.12. The van der Waals surface area contributed by atoms with Gasteiger partial charge in [-0.05, 0) is 41.6 Å². The summed E-state index contributed by atoms with van der Waals surface area (Å²) in [5.41, 5.74) is 2.80. The average Bonchev–Trinajstić information content (AvgIpc) is 3.16. The highest BCUT2D eigenvalue weighted by atomic mass is 32.2. The van der Waals surface area contributed by atoms with E-state index in [1.807, 2.05) is 30.5 Å². The van der Waals surface area contributed by atoms with Crippen LogP contribution in [-0.4, -0.2) is 27.2 Å². The molecule has 0 unspecified atom stereocenters. The van der Waals surface area contributed by atoms with Crippen LogP contribution in [-0.2, 0) is 24.4 Å². The number of benzene rings is 2. The third-order valence-corrected chi connectivity index (χ3v) is 5.41. The Bertz CT molecular complexity index is 973. The van der Waals surface area contributed by atoms with E-state index in [0.717, 1.165) is 11.1 Å². The number of nitrogens with zero attached hydrogens (tertiary/aromatic N) is 3. The van der Waals surface area contributed by atoms with Crippen molar-refractivity contribution >= 4 is 17.7 Å². The Morgan fingerprint density at radius 3 is 2.71 bits per heavy atom. The molecule has 28 heavy (non-hydrogen) atoms. The molecule has 0 aliphatic carbocycles. The van der Waals surface area contributed by atoms with Gasteiger partial charge in [-0.15, -0.1) is 16.9 Å². The number of halogens is 1. The SMILES string of the molecule is CSc1ccc(CNC(=O)c2nnn3c2CO[C@H](c2ccc(F)cc2)C3)cc1. The Hall–Kier alpha value is -2.71. The maximum absolute atomic E-state index is 13.1. The van der Waals surface area contributed by atoms with E-state index in [-0.39, 0.29) is 30.1 Å². The molecule has 6 nitrogen and oxygen atoms in total. The van der Waals surface area contributed by atoms with E-state index in [9.17, 15) is 9.18 Å². The Morgan fingerprint density at radius 1 is 1.25 bits per heavy atom. The summed E-state index contributed by atoms with van der Waals surface area (Å²) in [5.74, 6) is -0.568. The van der Waals surface area contributed by atoms with Crippen LogP contribution in [0, 0.1) is 5.82 Å². The molecule has 144 valence electrons. The minimum Gasteiger partial charge on any atom is -0.365 e. The van der Waals surface area contributed by atoms with Gasteiger partial charge in [-0.25, -0.2) is 9.07 Å². The first-order valence-electron chi connectivity index (χ1n) is 8.84. The molecule has 3 aromatic rings. The van der Waals surface area contributed by atoms with E-state index >= 15 is 0 Å². The van der Waals surface area contributed by atoms with E-state index in [0.29, 0.717) is 18.8 Å². The zero-order chi connectivity index (χ0) is 19.5. The molecular weight excluding hydrogens is 379 g/mol. The van der Waals surface area contributed by atoms with Crippen molar-refractivity contribution in [3.63, 3.8) is 0 Å². The molecule has 0 saturated heterocycles. The molecule has 1 N–H and O–H groups in total. The lowest BCUT2D eigenvalue weighted by molar-refractivity contribution is -0.00180. The number of nitrogens with one attached hydrogen (secondary N) is 1. The molecule has 2 heterocycles. The fourth-order valence-electron chi connectivity index (χ4n) is 3.08. The van der Waals surface area contributed by atoms with Crippen LogP contribution < -0.4 is 5.32 Å². The molecule has 1 amide bonds. The van der Waals surface area contributed by atoms with Gasteiger partial charge < -0.3 is 10.1 Å². The number of carbonyl (C=O) groups excluding carboxylic acids is 1. The Balaban J connectivity index is 1.41. The van der Waals surface area contributed by atoms with Crippen molar-refractivity contribution in [3.05, 3.63) is 76.9 Å². The molecule has 4 rings (SSSR count). The van der Waals surface area contributed by atoms with Gasteiger partial charge in [0.15, 0.2) is 5.69 Å². The summed E-state index contributed by atoms with van der Waals surface area (Å²) in [6.07, 6.45) is 1.77. The highest BCUT2D eigenvalue weighted by molar-refractivity contribution is 7.98. The molecule has 8 heteroatoms. The van der Waals surface area contributed by atoms with Crippen LogP contribution >= 0.6 is 11.8 Å². The molecule has 1 atom stereocenters. The van der Waals surface area contributed by atoms with Crippen molar-refractivity contribution in [2.24, 2.45) is 0 Å². The Morgan fingerprint density at radius 2 is 2.00 bits per heavy atom. The molecule has 1 aliphatic heterocycles. The molecule has 1 aliphatic rings. The molecular formula is C20H19FN4O2S. The van der Waals surface area contributed by atoms with Crippen LogP contribution in [0.2, 0.25) is 0 Å². The summed E-state index contributed by atoms with van der Waals surface area (Å²) in [5, 5.41) is 11.0. The lowest BCUT2D eigenvalue weighted by atomic mass is 10.1. The Kier molecular flexibility index (Phi) is 5.40. The molecule has 0 spiro atoms. The fourth-order valence-corrected chi connectivity index (χ4v) is 3.48. The fraction of sp³-hybridized carbons (Fsp3) is 0.250. The summed E-state index contributed by atoms with van der Waals surface area (Å²) < 4.78 is 20.6. The first-order valence-corrected chi connectivity index (χ1v) is 10.1. The predicted molar refractivity (Wildman–Crippen MR) is 103 cm³/mol. The number of rotatable bonds is 5.